The van der Waals surface area contributed by atoms with Gasteiger partial charge >= 0.3 is 12.1 Å². The summed E-state index contributed by atoms with van der Waals surface area (Å²) in [6.07, 6.45) is -4.98. The maximum Gasteiger partial charge on any atom is 0.471 e. The molecule has 2 atom stereocenters. The summed E-state index contributed by atoms with van der Waals surface area (Å²) in [6.45, 7) is -0.579. The molecule has 36 heavy (non-hydrogen) atoms. The second-order valence-corrected chi connectivity index (χ2v) is 11.1. The van der Waals surface area contributed by atoms with Crippen molar-refractivity contribution < 1.29 is 27.6 Å². The molecule has 2 aliphatic rings. The molecular formula is C22H15Cl5F3N3O3. The zero-order valence-electron chi connectivity index (χ0n) is 17.8. The van der Waals surface area contributed by atoms with E-state index in [0.717, 1.165) is 0 Å². The number of likely N-dealkylation sites (tertiary alicyclic amines) is 1. The third kappa shape index (κ3) is 5.50. The average molecular weight is 604 g/mol. The quantitative estimate of drug-likeness (QED) is 0.432. The van der Waals surface area contributed by atoms with E-state index < -0.39 is 46.1 Å². The molecule has 1 saturated heterocycles. The molecule has 192 valence electrons. The monoisotopic (exact) mass is 601 g/mol. The van der Waals surface area contributed by atoms with Crippen molar-refractivity contribution in [3.05, 3.63) is 62.6 Å². The minimum absolute atomic E-state index is 0.0213. The third-order valence-corrected chi connectivity index (χ3v) is 7.51. The minimum atomic E-state index is -4.98. The van der Waals surface area contributed by atoms with Gasteiger partial charge in [-0.05, 0) is 42.0 Å². The molecule has 3 amide bonds. The molecule has 6 nitrogen and oxygen atoms in total. The van der Waals surface area contributed by atoms with Crippen LogP contribution < -0.4 is 10.6 Å². The molecular weight excluding hydrogens is 589 g/mol. The maximum absolute atomic E-state index is 12.9. The van der Waals surface area contributed by atoms with E-state index in [1.165, 1.54) is 24.3 Å². The van der Waals surface area contributed by atoms with Crippen LogP contribution >= 0.6 is 58.0 Å². The highest BCUT2D eigenvalue weighted by atomic mass is 35.5. The van der Waals surface area contributed by atoms with Crippen molar-refractivity contribution in [2.75, 3.05) is 18.4 Å². The Labute approximate surface area is 227 Å². The smallest absolute Gasteiger partial charge is 0.346 e. The van der Waals surface area contributed by atoms with Gasteiger partial charge in [0.05, 0.1) is 22.5 Å². The van der Waals surface area contributed by atoms with Crippen LogP contribution in [0.2, 0.25) is 15.1 Å². The molecule has 0 bridgehead atoms. The van der Waals surface area contributed by atoms with Gasteiger partial charge in [-0.25, -0.2) is 0 Å². The predicted octanol–water partition coefficient (Wildman–Crippen LogP) is 5.68. The molecule has 1 heterocycles. The number of halogens is 8. The normalized spacial score (nSPS) is 20.9. The lowest BCUT2D eigenvalue weighted by Gasteiger charge is -2.39. The van der Waals surface area contributed by atoms with Gasteiger partial charge in [-0.1, -0.05) is 34.8 Å². The summed E-state index contributed by atoms with van der Waals surface area (Å²) in [6, 6.07) is 8.22. The van der Waals surface area contributed by atoms with E-state index >= 15 is 0 Å². The zero-order valence-corrected chi connectivity index (χ0v) is 21.6. The number of alkyl halides is 5. The fourth-order valence-electron chi connectivity index (χ4n) is 4.00. The Balaban J connectivity index is 1.41. The van der Waals surface area contributed by atoms with Gasteiger partial charge in [0.2, 0.25) is 5.91 Å². The second kappa shape index (κ2) is 9.76. The van der Waals surface area contributed by atoms with Crippen molar-refractivity contribution in [2.24, 2.45) is 5.92 Å². The van der Waals surface area contributed by atoms with Crippen LogP contribution in [0.1, 0.15) is 21.8 Å². The molecule has 2 aromatic carbocycles. The first-order valence-corrected chi connectivity index (χ1v) is 12.2. The van der Waals surface area contributed by atoms with Crippen molar-refractivity contribution >= 4 is 81.4 Å². The summed E-state index contributed by atoms with van der Waals surface area (Å²) in [5, 5.41) is 5.92. The van der Waals surface area contributed by atoms with Gasteiger partial charge in [-0.15, -0.1) is 23.2 Å². The standard InChI is InChI=1S/C22H15Cl5F3N3O3/c23-10-3-9(4-11(24)5-10)16-17(21(16,26)27)19(35)31-12-1-2-15(25)14(6-12)18(34)32-13-7-33(8-13)20(36)22(28,29)30/h1-6,13,16-17H,7-8H2,(H,31,35)(H,32,34)/t16-,17+/m0/s1. The van der Waals surface area contributed by atoms with E-state index in [4.69, 9.17) is 58.0 Å². The lowest BCUT2D eigenvalue weighted by Crippen LogP contribution is -2.63. The van der Waals surface area contributed by atoms with Crippen molar-refractivity contribution in [2.45, 2.75) is 22.5 Å². The van der Waals surface area contributed by atoms with Crippen LogP contribution in [0.25, 0.3) is 0 Å². The Morgan fingerprint density at radius 2 is 1.58 bits per heavy atom. The molecule has 0 aromatic heterocycles. The highest BCUT2D eigenvalue weighted by Gasteiger charge is 2.67. The van der Waals surface area contributed by atoms with Crippen molar-refractivity contribution in [1.82, 2.24) is 10.2 Å². The second-order valence-electron chi connectivity index (χ2n) is 8.39. The number of carbonyl (C=O) groups excluding carboxylic acids is 3. The van der Waals surface area contributed by atoms with Gasteiger partial charge in [0.15, 0.2) is 0 Å². The Bertz CT molecular complexity index is 1230. The Morgan fingerprint density at radius 1 is 0.972 bits per heavy atom. The summed E-state index contributed by atoms with van der Waals surface area (Å²) in [5.41, 5.74) is 0.787. The number of rotatable bonds is 5. The number of benzene rings is 2. The van der Waals surface area contributed by atoms with Crippen LogP contribution in [0.3, 0.4) is 0 Å². The molecule has 1 aliphatic heterocycles. The summed E-state index contributed by atoms with van der Waals surface area (Å²) >= 11 is 30.9. The van der Waals surface area contributed by atoms with Gasteiger partial charge in [-0.2, -0.15) is 13.2 Å². The number of nitrogens with zero attached hydrogens (tertiary/aromatic N) is 1. The number of hydrogen-bond acceptors (Lipinski definition) is 3. The van der Waals surface area contributed by atoms with Crippen molar-refractivity contribution in [3.63, 3.8) is 0 Å². The zero-order chi connectivity index (χ0) is 26.6. The lowest BCUT2D eigenvalue weighted by molar-refractivity contribution is -0.190. The predicted molar refractivity (Wildman–Crippen MR) is 131 cm³/mol. The fraction of sp³-hybridized carbons (Fsp3) is 0.318. The van der Waals surface area contributed by atoms with E-state index in [-0.39, 0.29) is 29.4 Å². The van der Waals surface area contributed by atoms with E-state index in [9.17, 15) is 27.6 Å². The first-order valence-electron chi connectivity index (χ1n) is 10.3. The summed E-state index contributed by atoms with van der Waals surface area (Å²) < 4.78 is 36.0. The Morgan fingerprint density at radius 3 is 2.17 bits per heavy atom. The summed E-state index contributed by atoms with van der Waals surface area (Å²) in [7, 11) is 0. The molecule has 0 unspecified atom stereocenters. The van der Waals surface area contributed by atoms with Gasteiger partial charge in [0.1, 0.15) is 4.33 Å². The Kier molecular flexibility index (Phi) is 7.36. The van der Waals surface area contributed by atoms with Gasteiger partial charge in [-0.3, -0.25) is 14.4 Å². The number of carbonyl (C=O) groups is 3. The molecule has 2 fully saturated rings. The fourth-order valence-corrected chi connectivity index (χ4v) is 5.57. The van der Waals surface area contributed by atoms with Crippen molar-refractivity contribution in [3.8, 4) is 0 Å². The van der Waals surface area contributed by atoms with Gasteiger partial charge < -0.3 is 15.5 Å². The van der Waals surface area contributed by atoms with Crippen LogP contribution in [0.5, 0.6) is 0 Å². The highest BCUT2D eigenvalue weighted by molar-refractivity contribution is 6.53. The van der Waals surface area contributed by atoms with E-state index in [1.807, 2.05) is 0 Å². The molecule has 2 N–H and O–H groups in total. The SMILES string of the molecule is O=C(NC1CN(C(=O)C(F)(F)F)C1)c1cc(NC(=O)[C@H]2[C@H](c3cc(Cl)cc(Cl)c3)C2(Cl)Cl)ccc1Cl. The van der Waals surface area contributed by atoms with E-state index in [0.29, 0.717) is 20.5 Å². The molecule has 14 heteroatoms. The van der Waals surface area contributed by atoms with Crippen LogP contribution in [0.4, 0.5) is 18.9 Å². The van der Waals surface area contributed by atoms with Crippen LogP contribution in [-0.2, 0) is 9.59 Å². The number of amides is 3. The number of hydrogen-bond donors (Lipinski definition) is 2. The third-order valence-electron chi connectivity index (χ3n) is 5.81. The van der Waals surface area contributed by atoms with Gasteiger partial charge in [0.25, 0.3) is 5.91 Å². The molecule has 4 rings (SSSR count). The number of anilines is 1. The van der Waals surface area contributed by atoms with Gasteiger partial charge in [0, 0.05) is 34.7 Å². The lowest BCUT2D eigenvalue weighted by atomic mass is 10.1. The first kappa shape index (κ1) is 27.1. The molecule has 0 spiro atoms. The molecule has 0 radical (unpaired) electrons. The van der Waals surface area contributed by atoms with E-state index in [2.05, 4.69) is 10.6 Å². The maximum atomic E-state index is 12.9. The minimum Gasteiger partial charge on any atom is -0.346 e. The summed E-state index contributed by atoms with van der Waals surface area (Å²) in [5.74, 6) is -4.58. The van der Waals surface area contributed by atoms with Crippen LogP contribution in [0.15, 0.2) is 36.4 Å². The van der Waals surface area contributed by atoms with Crippen LogP contribution in [0, 0.1) is 5.92 Å². The van der Waals surface area contributed by atoms with E-state index in [1.54, 1.807) is 12.1 Å². The Hall–Kier alpha value is -1.91. The highest BCUT2D eigenvalue weighted by Crippen LogP contribution is 2.65. The molecule has 1 aliphatic carbocycles. The molecule has 1 saturated carbocycles. The topological polar surface area (TPSA) is 78.5 Å². The summed E-state index contributed by atoms with van der Waals surface area (Å²) in [4.78, 5) is 37.3. The van der Waals surface area contributed by atoms with Crippen LogP contribution in [-0.4, -0.2) is 52.3 Å². The number of nitrogens with one attached hydrogen (secondary N) is 2. The average Bonchev–Trinajstić information content (AvgIpc) is 3.32. The van der Waals surface area contributed by atoms with Crippen molar-refractivity contribution in [1.29, 1.82) is 0 Å². The largest absolute Gasteiger partial charge is 0.471 e. The molecule has 2 aromatic rings. The first-order chi connectivity index (χ1) is 16.7.